The van der Waals surface area contributed by atoms with Crippen LogP contribution in [0.2, 0.25) is 0 Å². The van der Waals surface area contributed by atoms with Crippen LogP contribution in [-0.4, -0.2) is 38.1 Å². The molecule has 2 atom stereocenters. The molecular weight excluding hydrogens is 280 g/mol. The van der Waals surface area contributed by atoms with Gasteiger partial charge in [-0.05, 0) is 44.0 Å². The highest BCUT2D eigenvalue weighted by molar-refractivity contribution is 6.00. The highest BCUT2D eigenvalue weighted by atomic mass is 16.5. The van der Waals surface area contributed by atoms with E-state index in [0.717, 1.165) is 11.3 Å². The number of hydrogen-bond acceptors (Lipinski definition) is 3. The fourth-order valence-corrected chi connectivity index (χ4v) is 2.68. The summed E-state index contributed by atoms with van der Waals surface area (Å²) in [5, 5.41) is 2.89. The van der Waals surface area contributed by atoms with Gasteiger partial charge in [0.25, 0.3) is 0 Å². The van der Waals surface area contributed by atoms with Gasteiger partial charge in [0.1, 0.15) is 0 Å². The van der Waals surface area contributed by atoms with Crippen molar-refractivity contribution in [2.75, 3.05) is 25.2 Å². The van der Waals surface area contributed by atoms with E-state index in [9.17, 15) is 9.59 Å². The van der Waals surface area contributed by atoms with Crippen molar-refractivity contribution >= 4 is 17.5 Å². The Balaban J connectivity index is 2.04. The largest absolute Gasteiger partial charge is 0.383 e. The number of aryl methyl sites for hydroxylation is 2. The van der Waals surface area contributed by atoms with Gasteiger partial charge in [-0.25, -0.2) is 0 Å². The van der Waals surface area contributed by atoms with E-state index in [0.29, 0.717) is 13.2 Å². The fraction of sp³-hybridized carbons (Fsp3) is 0.529. The van der Waals surface area contributed by atoms with Gasteiger partial charge in [0.15, 0.2) is 0 Å². The molecule has 5 nitrogen and oxygen atoms in total. The number of carbonyl (C=O) groups excluding carboxylic acids is 2. The Morgan fingerprint density at radius 1 is 1.41 bits per heavy atom. The lowest BCUT2D eigenvalue weighted by molar-refractivity contribution is -0.127. The second-order valence-corrected chi connectivity index (χ2v) is 6.04. The van der Waals surface area contributed by atoms with Crippen molar-refractivity contribution in [3.05, 3.63) is 29.3 Å². The molecule has 120 valence electrons. The van der Waals surface area contributed by atoms with E-state index in [4.69, 9.17) is 4.74 Å². The molecular formula is C17H24N2O3. The maximum absolute atomic E-state index is 12.2. The van der Waals surface area contributed by atoms with Gasteiger partial charge in [-0.2, -0.15) is 0 Å². The zero-order chi connectivity index (χ0) is 16.3. The number of ether oxygens (including phenoxy) is 1. The van der Waals surface area contributed by atoms with Crippen molar-refractivity contribution in [3.63, 3.8) is 0 Å². The Hall–Kier alpha value is -1.88. The summed E-state index contributed by atoms with van der Waals surface area (Å²) in [7, 11) is 1.60. The average molecular weight is 304 g/mol. The van der Waals surface area contributed by atoms with Crippen molar-refractivity contribution in [1.29, 1.82) is 0 Å². The van der Waals surface area contributed by atoms with E-state index in [1.807, 2.05) is 39.0 Å². The zero-order valence-electron chi connectivity index (χ0n) is 13.7. The Kier molecular flexibility index (Phi) is 5.19. The molecule has 1 aliphatic heterocycles. The van der Waals surface area contributed by atoms with Crippen LogP contribution in [0.5, 0.6) is 0 Å². The first-order valence-electron chi connectivity index (χ1n) is 7.59. The number of nitrogens with one attached hydrogen (secondary N) is 1. The molecule has 1 N–H and O–H groups in total. The summed E-state index contributed by atoms with van der Waals surface area (Å²) in [4.78, 5) is 26.2. The summed E-state index contributed by atoms with van der Waals surface area (Å²) in [5.74, 6) is -0.375. The minimum atomic E-state index is -0.298. The minimum Gasteiger partial charge on any atom is -0.383 e. The Labute approximate surface area is 131 Å². The molecule has 0 bridgehead atoms. The van der Waals surface area contributed by atoms with Crippen LogP contribution >= 0.6 is 0 Å². The number of anilines is 1. The molecule has 0 radical (unpaired) electrons. The maximum Gasteiger partial charge on any atom is 0.227 e. The Morgan fingerprint density at radius 3 is 2.77 bits per heavy atom. The summed E-state index contributed by atoms with van der Waals surface area (Å²) in [5.41, 5.74) is 3.21. The minimum absolute atomic E-state index is 0.00259. The molecule has 1 heterocycles. The van der Waals surface area contributed by atoms with E-state index in [-0.39, 0.29) is 30.2 Å². The number of carbonyl (C=O) groups is 2. The van der Waals surface area contributed by atoms with E-state index in [1.54, 1.807) is 12.0 Å². The van der Waals surface area contributed by atoms with Crippen LogP contribution in [0.1, 0.15) is 24.5 Å². The zero-order valence-corrected chi connectivity index (χ0v) is 13.7. The molecule has 2 rings (SSSR count). The molecule has 0 saturated carbocycles. The third-order valence-corrected chi connectivity index (χ3v) is 4.10. The first kappa shape index (κ1) is 16.5. The number of amides is 2. The molecule has 2 unspecified atom stereocenters. The summed E-state index contributed by atoms with van der Waals surface area (Å²) < 4.78 is 5.01. The van der Waals surface area contributed by atoms with Crippen LogP contribution < -0.4 is 10.2 Å². The van der Waals surface area contributed by atoms with Gasteiger partial charge in [-0.15, -0.1) is 0 Å². The van der Waals surface area contributed by atoms with E-state index < -0.39 is 0 Å². The Bertz CT molecular complexity index is 571. The fourth-order valence-electron chi connectivity index (χ4n) is 2.68. The lowest BCUT2D eigenvalue weighted by Gasteiger charge is -2.19. The first-order chi connectivity index (χ1) is 10.4. The summed E-state index contributed by atoms with van der Waals surface area (Å²) in [6, 6.07) is 5.89. The summed E-state index contributed by atoms with van der Waals surface area (Å²) in [6.45, 7) is 6.85. The van der Waals surface area contributed by atoms with Gasteiger partial charge >= 0.3 is 0 Å². The standard InChI is InChI=1S/C17H24N2O3/c1-11-5-6-15(7-12(11)2)19-9-14(8-16(19)20)17(21)18-13(3)10-22-4/h5-7,13-14H,8-10H2,1-4H3,(H,18,21). The third-order valence-electron chi connectivity index (χ3n) is 4.10. The van der Waals surface area contributed by atoms with Crippen LogP contribution in [0.4, 0.5) is 5.69 Å². The highest BCUT2D eigenvalue weighted by Crippen LogP contribution is 2.26. The van der Waals surface area contributed by atoms with Crippen LogP contribution in [0.25, 0.3) is 0 Å². The van der Waals surface area contributed by atoms with Crippen LogP contribution in [0.15, 0.2) is 18.2 Å². The van der Waals surface area contributed by atoms with E-state index in [1.165, 1.54) is 5.56 Å². The van der Waals surface area contributed by atoms with Crippen molar-refractivity contribution in [2.45, 2.75) is 33.2 Å². The number of hydrogen-bond donors (Lipinski definition) is 1. The van der Waals surface area contributed by atoms with E-state index >= 15 is 0 Å². The number of rotatable bonds is 5. The van der Waals surface area contributed by atoms with Gasteiger partial charge in [-0.1, -0.05) is 6.07 Å². The molecule has 1 aliphatic rings. The molecule has 2 amide bonds. The number of methoxy groups -OCH3 is 1. The molecule has 1 fully saturated rings. The molecule has 0 aromatic heterocycles. The van der Waals surface area contributed by atoms with Crippen molar-refractivity contribution in [2.24, 2.45) is 5.92 Å². The molecule has 0 aliphatic carbocycles. The molecule has 0 spiro atoms. The first-order valence-corrected chi connectivity index (χ1v) is 7.59. The van der Waals surface area contributed by atoms with Gasteiger partial charge in [0.05, 0.1) is 12.5 Å². The Morgan fingerprint density at radius 2 is 2.14 bits per heavy atom. The lowest BCUT2D eigenvalue weighted by Crippen LogP contribution is -2.40. The van der Waals surface area contributed by atoms with Gasteiger partial charge < -0.3 is 15.0 Å². The van der Waals surface area contributed by atoms with Crippen LogP contribution in [-0.2, 0) is 14.3 Å². The van der Waals surface area contributed by atoms with Crippen LogP contribution in [0, 0.1) is 19.8 Å². The second-order valence-electron chi connectivity index (χ2n) is 6.04. The second kappa shape index (κ2) is 6.92. The maximum atomic E-state index is 12.2. The van der Waals surface area contributed by atoms with Gasteiger partial charge in [0, 0.05) is 31.8 Å². The monoisotopic (exact) mass is 304 g/mol. The average Bonchev–Trinajstić information content (AvgIpc) is 2.84. The molecule has 1 saturated heterocycles. The van der Waals surface area contributed by atoms with Gasteiger partial charge in [0.2, 0.25) is 11.8 Å². The van der Waals surface area contributed by atoms with Gasteiger partial charge in [-0.3, -0.25) is 9.59 Å². The smallest absolute Gasteiger partial charge is 0.227 e. The normalized spacial score (nSPS) is 19.4. The number of benzene rings is 1. The van der Waals surface area contributed by atoms with E-state index in [2.05, 4.69) is 5.32 Å². The molecule has 22 heavy (non-hydrogen) atoms. The van der Waals surface area contributed by atoms with Crippen molar-refractivity contribution in [3.8, 4) is 0 Å². The third kappa shape index (κ3) is 3.65. The molecule has 1 aromatic rings. The topological polar surface area (TPSA) is 58.6 Å². The summed E-state index contributed by atoms with van der Waals surface area (Å²) >= 11 is 0. The molecule has 5 heteroatoms. The predicted molar refractivity (Wildman–Crippen MR) is 85.9 cm³/mol. The lowest BCUT2D eigenvalue weighted by atomic mass is 10.1. The summed E-state index contributed by atoms with van der Waals surface area (Å²) in [6.07, 6.45) is 0.262. The van der Waals surface area contributed by atoms with Crippen LogP contribution in [0.3, 0.4) is 0 Å². The highest BCUT2D eigenvalue weighted by Gasteiger charge is 2.35. The quantitative estimate of drug-likeness (QED) is 0.902. The SMILES string of the molecule is COCC(C)NC(=O)C1CC(=O)N(c2ccc(C)c(C)c2)C1. The predicted octanol–water partition coefficient (Wildman–Crippen LogP) is 1.81. The van der Waals surface area contributed by atoms with Crippen molar-refractivity contribution < 1.29 is 14.3 Å². The van der Waals surface area contributed by atoms with Crippen molar-refractivity contribution in [1.82, 2.24) is 5.32 Å². The number of nitrogens with zero attached hydrogens (tertiary/aromatic N) is 1. The molecule has 1 aromatic carbocycles.